The van der Waals surface area contributed by atoms with Crippen LogP contribution in [0.2, 0.25) is 0 Å². The third-order valence-electron chi connectivity index (χ3n) is 4.24. The summed E-state index contributed by atoms with van der Waals surface area (Å²) in [5, 5.41) is 0. The van der Waals surface area contributed by atoms with E-state index in [9.17, 15) is 4.39 Å². The quantitative estimate of drug-likeness (QED) is 0.692. The van der Waals surface area contributed by atoms with E-state index in [1.54, 1.807) is 6.07 Å². The molecule has 1 aliphatic carbocycles. The lowest BCUT2D eigenvalue weighted by Gasteiger charge is -2.50. The maximum atomic E-state index is 13.2. The van der Waals surface area contributed by atoms with Crippen molar-refractivity contribution in [3.05, 3.63) is 35.6 Å². The van der Waals surface area contributed by atoms with Crippen LogP contribution in [0.1, 0.15) is 45.1 Å². The van der Waals surface area contributed by atoms with Gasteiger partial charge in [0.2, 0.25) is 0 Å². The number of rotatable bonds is 3. The van der Waals surface area contributed by atoms with Gasteiger partial charge in [-0.2, -0.15) is 0 Å². The van der Waals surface area contributed by atoms with Crippen LogP contribution in [0.3, 0.4) is 0 Å². The summed E-state index contributed by atoms with van der Waals surface area (Å²) in [6, 6.07) is 7.19. The molecule has 0 heterocycles. The smallest absolute Gasteiger partial charge is 0.123 e. The minimum Gasteiger partial charge on any atom is -0.207 e. The van der Waals surface area contributed by atoms with Crippen LogP contribution in [0.4, 0.5) is 4.39 Å². The number of hydrogen-bond donors (Lipinski definition) is 0. The third-order valence-corrected chi connectivity index (χ3v) is 4.24. The highest BCUT2D eigenvalue weighted by Gasteiger charge is 2.45. The van der Waals surface area contributed by atoms with Crippen molar-refractivity contribution in [3.8, 4) is 0 Å². The number of benzene rings is 1. The van der Waals surface area contributed by atoms with Gasteiger partial charge in [0, 0.05) is 0 Å². The molecular formula is C14H19F. The van der Waals surface area contributed by atoms with Gasteiger partial charge >= 0.3 is 0 Å². The Kier molecular flexibility index (Phi) is 2.81. The summed E-state index contributed by atoms with van der Waals surface area (Å²) in [7, 11) is 0. The van der Waals surface area contributed by atoms with E-state index in [0.29, 0.717) is 0 Å². The molecule has 0 amide bonds. The molecule has 2 rings (SSSR count). The first-order valence-electron chi connectivity index (χ1n) is 5.99. The predicted octanol–water partition coefficient (Wildman–Crippen LogP) is 4.29. The first-order chi connectivity index (χ1) is 7.23. The van der Waals surface area contributed by atoms with Crippen molar-refractivity contribution >= 4 is 0 Å². The summed E-state index contributed by atoms with van der Waals surface area (Å²) in [4.78, 5) is 0. The molecule has 1 aromatic rings. The van der Waals surface area contributed by atoms with E-state index in [1.807, 2.05) is 6.07 Å². The van der Waals surface area contributed by atoms with E-state index in [1.165, 1.54) is 30.9 Å². The second kappa shape index (κ2) is 3.96. The molecule has 1 heteroatoms. The van der Waals surface area contributed by atoms with Crippen molar-refractivity contribution in [2.24, 2.45) is 5.92 Å². The Bertz CT molecular complexity index is 339. The summed E-state index contributed by atoms with van der Waals surface area (Å²) in [5.41, 5.74) is 1.49. The summed E-state index contributed by atoms with van der Waals surface area (Å²) in [6.07, 6.45) is 4.88. The Morgan fingerprint density at radius 3 is 2.67 bits per heavy atom. The minimum absolute atomic E-state index is 0.0953. The molecule has 0 spiro atoms. The van der Waals surface area contributed by atoms with Crippen LogP contribution in [0.15, 0.2) is 24.3 Å². The molecule has 0 bridgehead atoms. The van der Waals surface area contributed by atoms with Crippen LogP contribution in [-0.2, 0) is 5.41 Å². The maximum absolute atomic E-state index is 13.2. The topological polar surface area (TPSA) is 0 Å². The average Bonchev–Trinajstić information content (AvgIpc) is 2.18. The zero-order valence-electron chi connectivity index (χ0n) is 9.59. The molecule has 82 valence electrons. The summed E-state index contributed by atoms with van der Waals surface area (Å²) < 4.78 is 13.2. The van der Waals surface area contributed by atoms with E-state index >= 15 is 0 Å². The maximum Gasteiger partial charge on any atom is 0.123 e. The lowest BCUT2D eigenvalue weighted by Crippen LogP contribution is -2.43. The summed E-state index contributed by atoms with van der Waals surface area (Å²) in [5.74, 6) is 0.659. The first-order valence-corrected chi connectivity index (χ1v) is 5.99. The molecule has 0 N–H and O–H groups in total. The molecule has 0 aromatic heterocycles. The van der Waals surface area contributed by atoms with Gasteiger partial charge in [-0.15, -0.1) is 0 Å². The van der Waals surface area contributed by atoms with Gasteiger partial charge in [0.25, 0.3) is 0 Å². The molecule has 1 aromatic carbocycles. The van der Waals surface area contributed by atoms with Crippen LogP contribution in [0.25, 0.3) is 0 Å². The van der Waals surface area contributed by atoms with Crippen LogP contribution in [-0.4, -0.2) is 0 Å². The van der Waals surface area contributed by atoms with E-state index in [-0.39, 0.29) is 11.2 Å². The van der Waals surface area contributed by atoms with Gasteiger partial charge in [-0.1, -0.05) is 32.4 Å². The Morgan fingerprint density at radius 1 is 1.40 bits per heavy atom. The average molecular weight is 206 g/mol. The largest absolute Gasteiger partial charge is 0.207 e. The second-order valence-electron chi connectivity index (χ2n) is 4.66. The Labute approximate surface area is 91.5 Å². The summed E-state index contributed by atoms with van der Waals surface area (Å²) >= 11 is 0. The highest BCUT2D eigenvalue weighted by molar-refractivity contribution is 5.30. The Balaban J connectivity index is 2.34. The van der Waals surface area contributed by atoms with Gasteiger partial charge in [-0.3, -0.25) is 0 Å². The van der Waals surface area contributed by atoms with Gasteiger partial charge in [-0.25, -0.2) is 4.39 Å². The fourth-order valence-corrected chi connectivity index (χ4v) is 3.14. The van der Waals surface area contributed by atoms with Crippen LogP contribution in [0, 0.1) is 11.7 Å². The van der Waals surface area contributed by atoms with Crippen molar-refractivity contribution in [2.75, 3.05) is 0 Å². The van der Waals surface area contributed by atoms with E-state index in [2.05, 4.69) is 19.9 Å². The molecule has 0 aliphatic heterocycles. The minimum atomic E-state index is -0.0953. The molecule has 0 saturated heterocycles. The third kappa shape index (κ3) is 1.58. The molecule has 1 saturated carbocycles. The molecule has 1 aliphatic rings. The molecule has 15 heavy (non-hydrogen) atoms. The van der Waals surface area contributed by atoms with Gasteiger partial charge in [-0.05, 0) is 48.3 Å². The van der Waals surface area contributed by atoms with Crippen LogP contribution >= 0.6 is 0 Å². The molecular weight excluding hydrogens is 187 g/mol. The molecule has 2 unspecified atom stereocenters. The first kappa shape index (κ1) is 10.7. The molecule has 1 fully saturated rings. The second-order valence-corrected chi connectivity index (χ2v) is 4.66. The van der Waals surface area contributed by atoms with Gasteiger partial charge < -0.3 is 0 Å². The lowest BCUT2D eigenvalue weighted by molar-refractivity contribution is 0.110. The Morgan fingerprint density at radius 2 is 2.20 bits per heavy atom. The van der Waals surface area contributed by atoms with Crippen LogP contribution in [0.5, 0.6) is 0 Å². The predicted molar refractivity (Wildman–Crippen MR) is 61.4 cm³/mol. The van der Waals surface area contributed by atoms with Gasteiger partial charge in [0.15, 0.2) is 0 Å². The van der Waals surface area contributed by atoms with Crippen molar-refractivity contribution in [1.82, 2.24) is 0 Å². The van der Waals surface area contributed by atoms with Gasteiger partial charge in [0.1, 0.15) is 5.82 Å². The Hall–Kier alpha value is -0.850. The fraction of sp³-hybridized carbons (Fsp3) is 0.571. The number of hydrogen-bond acceptors (Lipinski definition) is 0. The normalized spacial score (nSPS) is 29.9. The zero-order chi connectivity index (χ0) is 10.9. The van der Waals surface area contributed by atoms with E-state index in [4.69, 9.17) is 0 Å². The lowest BCUT2D eigenvalue weighted by atomic mass is 9.54. The SMILES string of the molecule is CCC1CCC1(CC)c1cccc(F)c1. The van der Waals surface area contributed by atoms with Crippen molar-refractivity contribution in [1.29, 1.82) is 0 Å². The summed E-state index contributed by atoms with van der Waals surface area (Å²) in [6.45, 7) is 4.47. The highest BCUT2D eigenvalue weighted by atomic mass is 19.1. The van der Waals surface area contributed by atoms with Crippen molar-refractivity contribution in [2.45, 2.75) is 44.9 Å². The van der Waals surface area contributed by atoms with Crippen molar-refractivity contribution < 1.29 is 4.39 Å². The molecule has 2 atom stereocenters. The van der Waals surface area contributed by atoms with Crippen molar-refractivity contribution in [3.63, 3.8) is 0 Å². The molecule has 0 nitrogen and oxygen atoms in total. The standard InChI is InChI=1S/C14H19F/c1-3-11-8-9-14(11,4-2)12-6-5-7-13(15)10-12/h5-7,10-11H,3-4,8-9H2,1-2H3. The van der Waals surface area contributed by atoms with E-state index < -0.39 is 0 Å². The fourth-order valence-electron chi connectivity index (χ4n) is 3.14. The van der Waals surface area contributed by atoms with E-state index in [0.717, 1.165) is 12.3 Å². The van der Waals surface area contributed by atoms with Crippen LogP contribution < -0.4 is 0 Å². The monoisotopic (exact) mass is 206 g/mol. The molecule has 0 radical (unpaired) electrons. The highest BCUT2D eigenvalue weighted by Crippen LogP contribution is 2.52. The zero-order valence-corrected chi connectivity index (χ0v) is 9.59. The number of halogens is 1. The van der Waals surface area contributed by atoms with Gasteiger partial charge in [0.05, 0.1) is 0 Å².